The average molecular weight is 283 g/mol. The molecule has 0 unspecified atom stereocenters. The molecular weight excluding hydrogens is 271 g/mol. The molecule has 0 saturated carbocycles. The average Bonchev–Trinajstić information content (AvgIpc) is 2.82. The van der Waals surface area contributed by atoms with E-state index >= 15 is 0 Å². The topological polar surface area (TPSA) is 49.4 Å². The summed E-state index contributed by atoms with van der Waals surface area (Å²) in [6.45, 7) is 0.596. The van der Waals surface area contributed by atoms with Gasteiger partial charge in [-0.05, 0) is 25.0 Å². The molecule has 2 heterocycles. The van der Waals surface area contributed by atoms with Crippen molar-refractivity contribution in [2.24, 2.45) is 0 Å². The number of carbonyl (C=O) groups excluding carboxylic acids is 2. The van der Waals surface area contributed by atoms with Crippen LogP contribution >= 0.6 is 11.6 Å². The number of carbonyl (C=O) groups is 2. The quantitative estimate of drug-likeness (QED) is 0.797. The molecule has 0 aliphatic carbocycles. The van der Waals surface area contributed by atoms with Crippen LogP contribution in [0.1, 0.15) is 24.4 Å². The zero-order valence-electron chi connectivity index (χ0n) is 10.0. The van der Waals surface area contributed by atoms with Gasteiger partial charge in [0.1, 0.15) is 11.9 Å². The van der Waals surface area contributed by atoms with Crippen molar-refractivity contribution in [3.8, 4) is 0 Å². The fourth-order valence-electron chi connectivity index (χ4n) is 2.87. The summed E-state index contributed by atoms with van der Waals surface area (Å²) >= 11 is 6.02. The molecule has 100 valence electrons. The van der Waals surface area contributed by atoms with Crippen LogP contribution in [0, 0.1) is 5.82 Å². The van der Waals surface area contributed by atoms with Gasteiger partial charge in [0, 0.05) is 17.1 Å². The highest BCUT2D eigenvalue weighted by Gasteiger charge is 2.46. The SMILES string of the molecule is O=C1NC(=O)[C@@H]2CCCN2[C@H]1c1c(F)cccc1Cl. The number of hydrogen-bond donors (Lipinski definition) is 1. The molecular formula is C13H12ClFN2O2. The van der Waals surface area contributed by atoms with Gasteiger partial charge in [-0.15, -0.1) is 0 Å². The van der Waals surface area contributed by atoms with E-state index in [2.05, 4.69) is 5.32 Å². The van der Waals surface area contributed by atoms with Gasteiger partial charge in [0.15, 0.2) is 0 Å². The van der Waals surface area contributed by atoms with Gasteiger partial charge >= 0.3 is 0 Å². The molecule has 19 heavy (non-hydrogen) atoms. The number of fused-ring (bicyclic) bond motifs is 1. The molecule has 6 heteroatoms. The minimum atomic E-state index is -0.820. The first-order valence-corrected chi connectivity index (χ1v) is 6.52. The van der Waals surface area contributed by atoms with Gasteiger partial charge in [0.2, 0.25) is 11.8 Å². The zero-order valence-corrected chi connectivity index (χ0v) is 10.8. The van der Waals surface area contributed by atoms with Crippen molar-refractivity contribution in [1.82, 2.24) is 10.2 Å². The van der Waals surface area contributed by atoms with Crippen LogP contribution in [-0.2, 0) is 9.59 Å². The fraction of sp³-hybridized carbons (Fsp3) is 0.385. The number of halogens is 2. The number of piperazine rings is 1. The summed E-state index contributed by atoms with van der Waals surface area (Å²) in [7, 11) is 0. The molecule has 2 aliphatic heterocycles. The number of benzene rings is 1. The first kappa shape index (κ1) is 12.6. The number of nitrogens with one attached hydrogen (secondary N) is 1. The molecule has 3 rings (SSSR count). The van der Waals surface area contributed by atoms with E-state index in [9.17, 15) is 14.0 Å². The van der Waals surface area contributed by atoms with Crippen LogP contribution < -0.4 is 5.32 Å². The van der Waals surface area contributed by atoms with E-state index in [0.717, 1.165) is 6.42 Å². The molecule has 2 saturated heterocycles. The van der Waals surface area contributed by atoms with Crippen LogP contribution in [0.2, 0.25) is 5.02 Å². The number of imide groups is 1. The van der Waals surface area contributed by atoms with Crippen LogP contribution in [0.25, 0.3) is 0 Å². The van der Waals surface area contributed by atoms with Crippen molar-refractivity contribution in [3.63, 3.8) is 0 Å². The fourth-order valence-corrected chi connectivity index (χ4v) is 3.14. The normalized spacial score (nSPS) is 27.3. The maximum absolute atomic E-state index is 14.0. The molecule has 1 N–H and O–H groups in total. The Bertz CT molecular complexity index is 543. The Balaban J connectivity index is 2.08. The summed E-state index contributed by atoms with van der Waals surface area (Å²) in [5.74, 6) is -1.32. The van der Waals surface area contributed by atoms with E-state index in [1.165, 1.54) is 12.1 Å². The molecule has 0 aromatic heterocycles. The van der Waals surface area contributed by atoms with Crippen molar-refractivity contribution >= 4 is 23.4 Å². The van der Waals surface area contributed by atoms with E-state index in [0.29, 0.717) is 13.0 Å². The summed E-state index contributed by atoms with van der Waals surface area (Å²) in [6.07, 6.45) is 1.50. The third-order valence-electron chi connectivity index (χ3n) is 3.70. The number of hydrogen-bond acceptors (Lipinski definition) is 3. The first-order valence-electron chi connectivity index (χ1n) is 6.14. The van der Waals surface area contributed by atoms with Gasteiger partial charge in [0.25, 0.3) is 0 Å². The summed E-state index contributed by atoms with van der Waals surface area (Å²) in [5.41, 5.74) is 0.154. The Morgan fingerprint density at radius 3 is 2.84 bits per heavy atom. The zero-order chi connectivity index (χ0) is 13.6. The Morgan fingerprint density at radius 1 is 1.32 bits per heavy atom. The predicted molar refractivity (Wildman–Crippen MR) is 67.0 cm³/mol. The van der Waals surface area contributed by atoms with Crippen molar-refractivity contribution < 1.29 is 14.0 Å². The van der Waals surface area contributed by atoms with E-state index in [4.69, 9.17) is 11.6 Å². The number of amides is 2. The van der Waals surface area contributed by atoms with Gasteiger partial charge in [-0.3, -0.25) is 19.8 Å². The van der Waals surface area contributed by atoms with E-state index in [-0.39, 0.29) is 22.5 Å². The molecule has 2 atom stereocenters. The molecule has 1 aromatic rings. The molecule has 0 radical (unpaired) electrons. The minimum absolute atomic E-state index is 0.154. The van der Waals surface area contributed by atoms with Gasteiger partial charge < -0.3 is 0 Å². The largest absolute Gasteiger partial charge is 0.293 e. The highest BCUT2D eigenvalue weighted by atomic mass is 35.5. The summed E-state index contributed by atoms with van der Waals surface area (Å²) < 4.78 is 14.0. The predicted octanol–water partition coefficient (Wildman–Crippen LogP) is 1.64. The Morgan fingerprint density at radius 2 is 2.11 bits per heavy atom. The lowest BCUT2D eigenvalue weighted by molar-refractivity contribution is -0.143. The van der Waals surface area contributed by atoms with Crippen LogP contribution in [-0.4, -0.2) is 29.3 Å². The maximum atomic E-state index is 14.0. The van der Waals surface area contributed by atoms with Crippen molar-refractivity contribution in [2.75, 3.05) is 6.54 Å². The molecule has 2 amide bonds. The van der Waals surface area contributed by atoms with Crippen LogP contribution in [0.3, 0.4) is 0 Å². The minimum Gasteiger partial charge on any atom is -0.293 e. The van der Waals surface area contributed by atoms with E-state index < -0.39 is 17.8 Å². The maximum Gasteiger partial charge on any atom is 0.248 e. The van der Waals surface area contributed by atoms with Crippen molar-refractivity contribution in [3.05, 3.63) is 34.6 Å². The van der Waals surface area contributed by atoms with Gasteiger partial charge in [-0.25, -0.2) is 4.39 Å². The smallest absolute Gasteiger partial charge is 0.248 e. The second kappa shape index (κ2) is 4.58. The lowest BCUT2D eigenvalue weighted by Crippen LogP contribution is -2.57. The van der Waals surface area contributed by atoms with E-state index in [1.807, 2.05) is 0 Å². The lowest BCUT2D eigenvalue weighted by atomic mass is 9.99. The standard InChI is InChI=1S/C13H12ClFN2O2/c14-7-3-1-4-8(15)10(7)11-13(19)16-12(18)9-5-2-6-17(9)11/h1,3-4,9,11H,2,5-6H2,(H,16,18,19)/t9-,11-/m0/s1. The Labute approximate surface area is 114 Å². The number of nitrogens with zero attached hydrogens (tertiary/aromatic N) is 1. The second-order valence-electron chi connectivity index (χ2n) is 4.79. The number of rotatable bonds is 1. The summed E-state index contributed by atoms with van der Waals surface area (Å²) in [4.78, 5) is 25.5. The molecule has 0 bridgehead atoms. The molecule has 4 nitrogen and oxygen atoms in total. The third kappa shape index (κ3) is 1.93. The van der Waals surface area contributed by atoms with Gasteiger partial charge in [-0.1, -0.05) is 17.7 Å². The van der Waals surface area contributed by atoms with Gasteiger partial charge in [0.05, 0.1) is 6.04 Å². The Hall–Kier alpha value is -1.46. The molecule has 2 aliphatic rings. The molecule has 0 spiro atoms. The van der Waals surface area contributed by atoms with Crippen LogP contribution in [0.5, 0.6) is 0 Å². The first-order chi connectivity index (χ1) is 9.09. The van der Waals surface area contributed by atoms with Crippen LogP contribution in [0.15, 0.2) is 18.2 Å². The summed E-state index contributed by atoms with van der Waals surface area (Å²) in [5, 5.41) is 2.52. The molecule has 2 fully saturated rings. The van der Waals surface area contributed by atoms with Crippen molar-refractivity contribution in [2.45, 2.75) is 24.9 Å². The van der Waals surface area contributed by atoms with Crippen molar-refractivity contribution in [1.29, 1.82) is 0 Å². The molecule has 1 aromatic carbocycles. The highest BCUT2D eigenvalue weighted by molar-refractivity contribution is 6.31. The Kier molecular flexibility index (Phi) is 3.03. The monoisotopic (exact) mass is 282 g/mol. The summed E-state index contributed by atoms with van der Waals surface area (Å²) in [6, 6.07) is 3.14. The second-order valence-corrected chi connectivity index (χ2v) is 5.19. The van der Waals surface area contributed by atoms with E-state index in [1.54, 1.807) is 11.0 Å². The highest BCUT2D eigenvalue weighted by Crippen LogP contribution is 2.36. The van der Waals surface area contributed by atoms with Gasteiger partial charge in [-0.2, -0.15) is 0 Å². The third-order valence-corrected chi connectivity index (χ3v) is 4.03. The van der Waals surface area contributed by atoms with Crippen LogP contribution in [0.4, 0.5) is 4.39 Å². The lowest BCUT2D eigenvalue weighted by Gasteiger charge is -2.36.